The molecule has 1 N–H and O–H groups in total. The van der Waals surface area contributed by atoms with Gasteiger partial charge in [0.15, 0.2) is 17.1 Å². The SMILES string of the molecule is CC(C)Cn1c(SCC(=O)Nc2nnc(C3CCCCC3)s2)nnc1C(C)Oc1ccc(F)cc1. The van der Waals surface area contributed by atoms with E-state index in [0.717, 1.165) is 17.8 Å². The van der Waals surface area contributed by atoms with Crippen LogP contribution in [0.15, 0.2) is 29.4 Å². The zero-order chi connectivity index (χ0) is 24.8. The van der Waals surface area contributed by atoms with Crippen LogP contribution in [-0.2, 0) is 11.3 Å². The number of nitrogens with zero attached hydrogens (tertiary/aromatic N) is 5. The lowest BCUT2D eigenvalue weighted by Gasteiger charge is -2.18. The molecule has 2 heterocycles. The van der Waals surface area contributed by atoms with Gasteiger partial charge in [0.25, 0.3) is 0 Å². The summed E-state index contributed by atoms with van der Waals surface area (Å²) in [5.74, 6) is 1.73. The topological polar surface area (TPSA) is 94.8 Å². The molecule has 1 aromatic carbocycles. The summed E-state index contributed by atoms with van der Waals surface area (Å²) >= 11 is 2.80. The fraction of sp³-hybridized carbons (Fsp3) is 0.542. The average Bonchev–Trinajstić information content (AvgIpc) is 3.46. The smallest absolute Gasteiger partial charge is 0.236 e. The normalized spacial score (nSPS) is 15.3. The van der Waals surface area contributed by atoms with Gasteiger partial charge in [-0.25, -0.2) is 4.39 Å². The maximum atomic E-state index is 13.2. The Bertz CT molecular complexity index is 1110. The summed E-state index contributed by atoms with van der Waals surface area (Å²) in [6, 6.07) is 5.89. The van der Waals surface area contributed by atoms with Gasteiger partial charge in [-0.1, -0.05) is 56.2 Å². The van der Waals surface area contributed by atoms with E-state index in [2.05, 4.69) is 39.6 Å². The Morgan fingerprint density at radius 2 is 1.89 bits per heavy atom. The Morgan fingerprint density at radius 1 is 1.14 bits per heavy atom. The van der Waals surface area contributed by atoms with Crippen LogP contribution in [0.4, 0.5) is 9.52 Å². The van der Waals surface area contributed by atoms with Gasteiger partial charge in [-0.05, 0) is 49.9 Å². The summed E-state index contributed by atoms with van der Waals surface area (Å²) in [6.45, 7) is 6.78. The van der Waals surface area contributed by atoms with Gasteiger partial charge in [0.2, 0.25) is 11.0 Å². The van der Waals surface area contributed by atoms with Crippen molar-refractivity contribution in [2.24, 2.45) is 5.92 Å². The first-order valence-electron chi connectivity index (χ1n) is 12.0. The molecule has 1 aliphatic rings. The van der Waals surface area contributed by atoms with Crippen molar-refractivity contribution < 1.29 is 13.9 Å². The number of anilines is 1. The van der Waals surface area contributed by atoms with Crippen molar-refractivity contribution in [1.82, 2.24) is 25.0 Å². The molecule has 1 amide bonds. The molecule has 1 aliphatic carbocycles. The molecule has 188 valence electrons. The first kappa shape index (κ1) is 25.6. The third-order valence-electron chi connectivity index (χ3n) is 5.76. The molecule has 1 atom stereocenters. The van der Waals surface area contributed by atoms with E-state index < -0.39 is 6.10 Å². The Labute approximate surface area is 213 Å². The molecule has 1 fully saturated rings. The Morgan fingerprint density at radius 3 is 2.60 bits per heavy atom. The Hall–Kier alpha value is -2.53. The van der Waals surface area contributed by atoms with Gasteiger partial charge < -0.3 is 9.30 Å². The zero-order valence-electron chi connectivity index (χ0n) is 20.2. The van der Waals surface area contributed by atoms with E-state index in [1.165, 1.54) is 54.5 Å². The van der Waals surface area contributed by atoms with Crippen LogP contribution in [0.3, 0.4) is 0 Å². The summed E-state index contributed by atoms with van der Waals surface area (Å²) in [5.41, 5.74) is 0. The van der Waals surface area contributed by atoms with Crippen LogP contribution in [0, 0.1) is 11.7 Å². The Kier molecular flexibility index (Phi) is 8.72. The van der Waals surface area contributed by atoms with Crippen molar-refractivity contribution in [1.29, 1.82) is 0 Å². The van der Waals surface area contributed by atoms with E-state index in [4.69, 9.17) is 4.74 Å². The van der Waals surface area contributed by atoms with Crippen LogP contribution in [0.1, 0.15) is 75.7 Å². The number of benzene rings is 1. The van der Waals surface area contributed by atoms with Crippen molar-refractivity contribution in [3.8, 4) is 5.75 Å². The molecule has 35 heavy (non-hydrogen) atoms. The number of halogens is 1. The van der Waals surface area contributed by atoms with Gasteiger partial charge >= 0.3 is 0 Å². The number of hydrogen-bond donors (Lipinski definition) is 1. The van der Waals surface area contributed by atoms with Crippen LogP contribution in [-0.4, -0.2) is 36.6 Å². The maximum absolute atomic E-state index is 13.2. The number of aromatic nitrogens is 5. The molecule has 0 spiro atoms. The van der Waals surface area contributed by atoms with Crippen molar-refractivity contribution in [2.45, 2.75) is 76.6 Å². The summed E-state index contributed by atoms with van der Waals surface area (Å²) in [6.07, 6.45) is 5.65. The number of hydrogen-bond acceptors (Lipinski definition) is 8. The number of amides is 1. The lowest BCUT2D eigenvalue weighted by Crippen LogP contribution is -2.17. The second kappa shape index (κ2) is 11.9. The van der Waals surface area contributed by atoms with Gasteiger partial charge in [0.1, 0.15) is 16.6 Å². The summed E-state index contributed by atoms with van der Waals surface area (Å²) in [5, 5.41) is 22.2. The summed E-state index contributed by atoms with van der Waals surface area (Å²) in [4.78, 5) is 12.6. The van der Waals surface area contributed by atoms with Crippen molar-refractivity contribution in [3.05, 3.63) is 40.9 Å². The number of carbonyl (C=O) groups excluding carboxylic acids is 1. The first-order valence-corrected chi connectivity index (χ1v) is 13.8. The van der Waals surface area contributed by atoms with Gasteiger partial charge in [0.05, 0.1) is 5.75 Å². The largest absolute Gasteiger partial charge is 0.483 e. The van der Waals surface area contributed by atoms with Gasteiger partial charge in [0, 0.05) is 12.5 Å². The highest BCUT2D eigenvalue weighted by molar-refractivity contribution is 7.99. The molecule has 0 radical (unpaired) electrons. The van der Waals surface area contributed by atoms with E-state index in [0.29, 0.717) is 40.2 Å². The van der Waals surface area contributed by atoms with Crippen LogP contribution in [0.5, 0.6) is 5.75 Å². The van der Waals surface area contributed by atoms with E-state index in [1.54, 1.807) is 12.1 Å². The molecule has 1 saturated carbocycles. The number of ether oxygens (including phenoxy) is 1. The number of thioether (sulfide) groups is 1. The predicted molar refractivity (Wildman–Crippen MR) is 135 cm³/mol. The van der Waals surface area contributed by atoms with Crippen LogP contribution < -0.4 is 10.1 Å². The predicted octanol–water partition coefficient (Wildman–Crippen LogP) is 5.84. The standard InChI is InChI=1S/C24H31FN6O2S2/c1-15(2)13-31-21(16(3)33-19-11-9-18(25)10-12-19)27-30-24(31)34-14-20(32)26-23-29-28-22(35-23)17-7-5-4-6-8-17/h9-12,15-17H,4-8,13-14H2,1-3H3,(H,26,29,32). The molecule has 1 unspecified atom stereocenters. The third-order valence-corrected chi connectivity index (χ3v) is 7.72. The molecule has 0 aliphatic heterocycles. The summed E-state index contributed by atoms with van der Waals surface area (Å²) < 4.78 is 21.2. The molecule has 2 aromatic heterocycles. The minimum atomic E-state index is -0.394. The second-order valence-corrected chi connectivity index (χ2v) is 11.1. The molecular formula is C24H31FN6O2S2. The third kappa shape index (κ3) is 7.00. The highest BCUT2D eigenvalue weighted by Crippen LogP contribution is 2.35. The minimum Gasteiger partial charge on any atom is -0.483 e. The van der Waals surface area contributed by atoms with Gasteiger partial charge in [-0.15, -0.1) is 20.4 Å². The fourth-order valence-corrected chi connectivity index (χ4v) is 5.78. The maximum Gasteiger partial charge on any atom is 0.236 e. The highest BCUT2D eigenvalue weighted by Gasteiger charge is 2.22. The highest BCUT2D eigenvalue weighted by atomic mass is 32.2. The number of carbonyl (C=O) groups is 1. The minimum absolute atomic E-state index is 0.155. The number of rotatable bonds is 10. The monoisotopic (exact) mass is 518 g/mol. The van der Waals surface area contributed by atoms with Gasteiger partial charge in [-0.3, -0.25) is 10.1 Å². The second-order valence-electron chi connectivity index (χ2n) is 9.18. The lowest BCUT2D eigenvalue weighted by atomic mass is 9.90. The molecule has 0 bridgehead atoms. The molecule has 8 nitrogen and oxygen atoms in total. The van der Waals surface area contributed by atoms with E-state index in [-0.39, 0.29) is 17.5 Å². The lowest BCUT2D eigenvalue weighted by molar-refractivity contribution is -0.113. The molecule has 3 aromatic rings. The van der Waals surface area contributed by atoms with Gasteiger partial charge in [-0.2, -0.15) is 0 Å². The van der Waals surface area contributed by atoms with Crippen LogP contribution in [0.2, 0.25) is 0 Å². The summed E-state index contributed by atoms with van der Waals surface area (Å²) in [7, 11) is 0. The average molecular weight is 519 g/mol. The molecule has 0 saturated heterocycles. The van der Waals surface area contributed by atoms with E-state index in [9.17, 15) is 9.18 Å². The number of nitrogens with one attached hydrogen (secondary N) is 1. The van der Waals surface area contributed by atoms with E-state index >= 15 is 0 Å². The fourth-order valence-electron chi connectivity index (χ4n) is 4.10. The molecule has 11 heteroatoms. The van der Waals surface area contributed by atoms with Crippen molar-refractivity contribution >= 4 is 34.1 Å². The van der Waals surface area contributed by atoms with Crippen molar-refractivity contribution in [3.63, 3.8) is 0 Å². The van der Waals surface area contributed by atoms with E-state index in [1.807, 2.05) is 11.5 Å². The quantitative estimate of drug-likeness (QED) is 0.337. The molecular weight excluding hydrogens is 487 g/mol. The first-order chi connectivity index (χ1) is 16.9. The zero-order valence-corrected chi connectivity index (χ0v) is 21.9. The van der Waals surface area contributed by atoms with Crippen molar-refractivity contribution in [2.75, 3.05) is 11.1 Å². The molecule has 4 rings (SSSR count). The Balaban J connectivity index is 1.37. The van der Waals surface area contributed by atoms with Crippen LogP contribution >= 0.6 is 23.1 Å². The van der Waals surface area contributed by atoms with Crippen LogP contribution in [0.25, 0.3) is 0 Å².